The molecule has 3 aliphatic carbocycles. The van der Waals surface area contributed by atoms with Crippen LogP contribution in [-0.4, -0.2) is 27.9 Å². The summed E-state index contributed by atoms with van der Waals surface area (Å²) in [5, 5.41) is 20.7. The molecule has 1 aromatic rings. The highest BCUT2D eigenvalue weighted by molar-refractivity contribution is 5.76. The van der Waals surface area contributed by atoms with Gasteiger partial charge >= 0.3 is 5.97 Å². The molecule has 1 saturated heterocycles. The van der Waals surface area contributed by atoms with Gasteiger partial charge in [0.25, 0.3) is 0 Å². The second-order valence-corrected chi connectivity index (χ2v) is 7.53. The summed E-state index contributed by atoms with van der Waals surface area (Å²) in [6, 6.07) is 5.65. The van der Waals surface area contributed by atoms with Crippen molar-refractivity contribution in [3.63, 3.8) is 0 Å². The number of ether oxygens (including phenoxy) is 1. The van der Waals surface area contributed by atoms with Gasteiger partial charge in [-0.1, -0.05) is 12.1 Å². The molecular formula is C19H20O4. The van der Waals surface area contributed by atoms with Gasteiger partial charge in [0.1, 0.15) is 17.5 Å². The van der Waals surface area contributed by atoms with E-state index < -0.39 is 5.60 Å². The maximum absolute atomic E-state index is 11.6. The topological polar surface area (TPSA) is 66.8 Å². The van der Waals surface area contributed by atoms with E-state index in [1.807, 2.05) is 12.1 Å². The first-order valence-electron chi connectivity index (χ1n) is 8.50. The molecule has 4 nitrogen and oxygen atoms in total. The average molecular weight is 312 g/mol. The number of fused-ring (bicyclic) bond motifs is 7. The van der Waals surface area contributed by atoms with E-state index in [1.54, 1.807) is 6.07 Å². The molecule has 0 bridgehead atoms. The van der Waals surface area contributed by atoms with Crippen LogP contribution in [-0.2, 0) is 16.0 Å². The summed E-state index contributed by atoms with van der Waals surface area (Å²) in [5.41, 5.74) is 2.87. The van der Waals surface area contributed by atoms with Crippen molar-refractivity contribution in [2.24, 2.45) is 17.8 Å². The van der Waals surface area contributed by atoms with Crippen molar-refractivity contribution in [3.05, 3.63) is 35.4 Å². The highest BCUT2D eigenvalue weighted by Crippen LogP contribution is 2.58. The minimum Gasteiger partial charge on any atom is -0.508 e. The van der Waals surface area contributed by atoms with Crippen LogP contribution in [0.1, 0.15) is 36.8 Å². The van der Waals surface area contributed by atoms with E-state index in [4.69, 9.17) is 4.74 Å². The van der Waals surface area contributed by atoms with Crippen LogP contribution in [0.3, 0.4) is 0 Å². The maximum Gasteiger partial charge on any atom is 0.309 e. The summed E-state index contributed by atoms with van der Waals surface area (Å²) >= 11 is 0. The summed E-state index contributed by atoms with van der Waals surface area (Å²) in [7, 11) is 0. The lowest BCUT2D eigenvalue weighted by molar-refractivity contribution is -0.142. The third kappa shape index (κ3) is 1.73. The molecule has 1 saturated carbocycles. The van der Waals surface area contributed by atoms with Crippen molar-refractivity contribution in [2.75, 3.05) is 0 Å². The first kappa shape index (κ1) is 13.6. The van der Waals surface area contributed by atoms with E-state index in [0.29, 0.717) is 17.6 Å². The highest BCUT2D eigenvalue weighted by Gasteiger charge is 2.62. The Morgan fingerprint density at radius 2 is 2.17 bits per heavy atom. The van der Waals surface area contributed by atoms with Crippen molar-refractivity contribution in [1.29, 1.82) is 0 Å². The third-order valence-corrected chi connectivity index (χ3v) is 6.54. The predicted octanol–water partition coefficient (Wildman–Crippen LogP) is 2.42. The Balaban J connectivity index is 1.54. The molecule has 5 atom stereocenters. The van der Waals surface area contributed by atoms with Gasteiger partial charge in [-0.3, -0.25) is 4.79 Å². The molecule has 23 heavy (non-hydrogen) atoms. The molecule has 0 aromatic heterocycles. The summed E-state index contributed by atoms with van der Waals surface area (Å²) < 4.78 is 5.40. The van der Waals surface area contributed by atoms with E-state index in [0.717, 1.165) is 25.7 Å². The monoisotopic (exact) mass is 312 g/mol. The summed E-state index contributed by atoms with van der Waals surface area (Å²) in [6.07, 6.45) is 5.67. The fraction of sp³-hybridized carbons (Fsp3) is 0.526. The molecule has 2 fully saturated rings. The fourth-order valence-corrected chi connectivity index (χ4v) is 5.57. The average Bonchev–Trinajstić information content (AvgIpc) is 2.95. The number of phenolic OH excluding ortho intramolecular Hbond substituents is 1. The smallest absolute Gasteiger partial charge is 0.309 e. The van der Waals surface area contributed by atoms with Crippen molar-refractivity contribution >= 4 is 11.5 Å². The molecule has 2 N–H and O–H groups in total. The van der Waals surface area contributed by atoms with Crippen molar-refractivity contribution in [1.82, 2.24) is 0 Å². The van der Waals surface area contributed by atoms with Crippen LogP contribution >= 0.6 is 0 Å². The van der Waals surface area contributed by atoms with Crippen LogP contribution in [0, 0.1) is 17.8 Å². The molecule has 120 valence electrons. The molecule has 1 aliphatic heterocycles. The van der Waals surface area contributed by atoms with Gasteiger partial charge in [-0.15, -0.1) is 0 Å². The number of carbonyl (C=O) groups excluding carboxylic acids is 1. The van der Waals surface area contributed by atoms with Crippen molar-refractivity contribution in [3.8, 4) is 5.75 Å². The number of hydrogen-bond acceptors (Lipinski definition) is 4. The van der Waals surface area contributed by atoms with Crippen LogP contribution in [0.5, 0.6) is 5.75 Å². The largest absolute Gasteiger partial charge is 0.508 e. The quantitative estimate of drug-likeness (QED) is 0.722. The summed E-state index contributed by atoms with van der Waals surface area (Å²) in [4.78, 5) is 11.6. The van der Waals surface area contributed by atoms with Crippen LogP contribution in [0.2, 0.25) is 0 Å². The number of esters is 1. The van der Waals surface area contributed by atoms with Gasteiger partial charge in [-0.05, 0) is 72.3 Å². The summed E-state index contributed by atoms with van der Waals surface area (Å²) in [6.45, 7) is 0. The third-order valence-electron chi connectivity index (χ3n) is 6.54. The molecule has 5 unspecified atom stereocenters. The fourth-order valence-electron chi connectivity index (χ4n) is 5.57. The van der Waals surface area contributed by atoms with Crippen LogP contribution in [0.15, 0.2) is 24.3 Å². The normalized spacial score (nSPS) is 40.6. The number of aromatic hydroxyl groups is 1. The van der Waals surface area contributed by atoms with E-state index in [1.165, 1.54) is 16.7 Å². The standard InChI is InChI=1S/C19H20O4/c20-11-2-4-12-10(7-11)1-3-14-13(12)5-6-16-15(14)8-17-19(16,22)9-18(21)23-17/h2,4-5,7,14-17,20,22H,1,3,6,8-9H2. The Morgan fingerprint density at radius 1 is 1.30 bits per heavy atom. The van der Waals surface area contributed by atoms with Gasteiger partial charge in [-0.25, -0.2) is 0 Å². The molecular weight excluding hydrogens is 292 g/mol. The second-order valence-electron chi connectivity index (χ2n) is 7.53. The number of aryl methyl sites for hydroxylation is 1. The van der Waals surface area contributed by atoms with E-state index in [2.05, 4.69) is 6.08 Å². The van der Waals surface area contributed by atoms with Gasteiger partial charge in [0.05, 0.1) is 6.42 Å². The summed E-state index contributed by atoms with van der Waals surface area (Å²) in [5.74, 6) is 1.02. The minimum absolute atomic E-state index is 0.131. The zero-order valence-electron chi connectivity index (χ0n) is 12.9. The lowest BCUT2D eigenvalue weighted by Gasteiger charge is -2.41. The number of carbonyl (C=O) groups is 1. The second kappa shape index (κ2) is 4.38. The van der Waals surface area contributed by atoms with Gasteiger partial charge in [0, 0.05) is 0 Å². The molecule has 4 heteroatoms. The number of benzene rings is 1. The number of hydrogen-bond donors (Lipinski definition) is 2. The van der Waals surface area contributed by atoms with E-state index in [9.17, 15) is 15.0 Å². The first-order valence-corrected chi connectivity index (χ1v) is 8.50. The minimum atomic E-state index is -0.959. The van der Waals surface area contributed by atoms with Crippen LogP contribution < -0.4 is 0 Å². The Hall–Kier alpha value is -1.81. The lowest BCUT2D eigenvalue weighted by Crippen LogP contribution is -2.42. The van der Waals surface area contributed by atoms with Gasteiger partial charge < -0.3 is 14.9 Å². The van der Waals surface area contributed by atoms with Crippen molar-refractivity contribution < 1.29 is 19.7 Å². The molecule has 5 rings (SSSR count). The van der Waals surface area contributed by atoms with Crippen LogP contribution in [0.4, 0.5) is 0 Å². The molecule has 0 amide bonds. The lowest BCUT2D eigenvalue weighted by atomic mass is 9.64. The Morgan fingerprint density at radius 3 is 3.04 bits per heavy atom. The Labute approximate surface area is 134 Å². The van der Waals surface area contributed by atoms with E-state index >= 15 is 0 Å². The zero-order valence-corrected chi connectivity index (χ0v) is 12.9. The Bertz CT molecular complexity index is 737. The number of aliphatic hydroxyl groups is 1. The highest BCUT2D eigenvalue weighted by atomic mass is 16.6. The SMILES string of the molecule is O=C1CC2(O)C(CC3C4CCc5cc(O)ccc5C4=CCC32)O1. The number of rotatable bonds is 0. The van der Waals surface area contributed by atoms with Crippen LogP contribution in [0.25, 0.3) is 5.57 Å². The van der Waals surface area contributed by atoms with Gasteiger partial charge in [-0.2, -0.15) is 0 Å². The maximum atomic E-state index is 11.6. The number of allylic oxidation sites excluding steroid dienone is 2. The van der Waals surface area contributed by atoms with Gasteiger partial charge in [0.2, 0.25) is 0 Å². The molecule has 1 heterocycles. The molecule has 0 spiro atoms. The zero-order chi connectivity index (χ0) is 15.8. The first-order chi connectivity index (χ1) is 11.1. The predicted molar refractivity (Wildman–Crippen MR) is 83.6 cm³/mol. The molecule has 4 aliphatic rings. The van der Waals surface area contributed by atoms with E-state index in [-0.39, 0.29) is 24.4 Å². The van der Waals surface area contributed by atoms with Gasteiger partial charge in [0.15, 0.2) is 0 Å². The van der Waals surface area contributed by atoms with Crippen molar-refractivity contribution in [2.45, 2.75) is 43.8 Å². The molecule has 0 radical (unpaired) electrons. The Kier molecular flexibility index (Phi) is 2.59. The molecule has 1 aromatic carbocycles. The number of phenols is 1.